The van der Waals surface area contributed by atoms with Gasteiger partial charge in [-0.05, 0) is 6.42 Å². The fraction of sp³-hybridized carbons (Fsp3) is 0.500. The van der Waals surface area contributed by atoms with E-state index in [2.05, 4.69) is 5.16 Å². The molecule has 1 aromatic heterocycles. The van der Waals surface area contributed by atoms with Crippen LogP contribution in [0.5, 0.6) is 0 Å². The van der Waals surface area contributed by atoms with Crippen LogP contribution in [-0.4, -0.2) is 29.4 Å². The zero-order chi connectivity index (χ0) is 9.26. The van der Waals surface area contributed by atoms with Crippen molar-refractivity contribution in [2.24, 2.45) is 0 Å². The van der Waals surface area contributed by atoms with Gasteiger partial charge in [-0.25, -0.2) is 4.79 Å². The van der Waals surface area contributed by atoms with Gasteiger partial charge in [0.15, 0.2) is 5.76 Å². The Hall–Kier alpha value is -1.36. The van der Waals surface area contributed by atoms with Crippen LogP contribution in [0.25, 0.3) is 0 Å². The molecule has 0 saturated carbocycles. The van der Waals surface area contributed by atoms with Gasteiger partial charge in [-0.2, -0.15) is 0 Å². The number of hydrogen-bond acceptors (Lipinski definition) is 4. The highest BCUT2D eigenvalue weighted by Gasteiger charge is 2.27. The molecule has 70 valence electrons. The Morgan fingerprint density at radius 3 is 3.15 bits per heavy atom. The minimum Gasteiger partial charge on any atom is -0.478 e. The molecule has 1 aliphatic rings. The lowest BCUT2D eigenvalue weighted by atomic mass is 10.0. The van der Waals surface area contributed by atoms with Gasteiger partial charge in [0.05, 0.1) is 12.8 Å². The number of hydrogen-bond donors (Lipinski definition) is 1. The van der Waals surface area contributed by atoms with Crippen molar-refractivity contribution in [1.29, 1.82) is 0 Å². The largest absolute Gasteiger partial charge is 0.478 e. The lowest BCUT2D eigenvalue weighted by molar-refractivity contribution is 0.0693. The van der Waals surface area contributed by atoms with E-state index in [1.54, 1.807) is 0 Å². The van der Waals surface area contributed by atoms with Crippen molar-refractivity contribution in [3.8, 4) is 0 Å². The van der Waals surface area contributed by atoms with Crippen molar-refractivity contribution < 1.29 is 19.2 Å². The molecule has 1 unspecified atom stereocenters. The van der Waals surface area contributed by atoms with Gasteiger partial charge in [-0.15, -0.1) is 0 Å². The molecule has 1 aliphatic heterocycles. The molecule has 2 rings (SSSR count). The summed E-state index contributed by atoms with van der Waals surface area (Å²) >= 11 is 0. The Bertz CT molecular complexity index is 314. The number of aromatic nitrogens is 1. The number of carboxylic acids is 1. The Balaban J connectivity index is 2.28. The fourth-order valence-corrected chi connectivity index (χ4v) is 1.44. The highest BCUT2D eigenvalue weighted by molar-refractivity contribution is 5.88. The second-order valence-electron chi connectivity index (χ2n) is 2.97. The molecule has 5 heteroatoms. The van der Waals surface area contributed by atoms with Gasteiger partial charge in [-0.3, -0.25) is 0 Å². The fourth-order valence-electron chi connectivity index (χ4n) is 1.44. The molecular weight excluding hydrogens is 174 g/mol. The van der Waals surface area contributed by atoms with Crippen LogP contribution in [0.1, 0.15) is 28.5 Å². The molecule has 1 fully saturated rings. The summed E-state index contributed by atoms with van der Waals surface area (Å²) in [5.41, 5.74) is 0.149. The highest BCUT2D eigenvalue weighted by atomic mass is 16.5. The maximum absolute atomic E-state index is 10.7. The average molecular weight is 183 g/mol. The molecule has 1 atom stereocenters. The van der Waals surface area contributed by atoms with E-state index < -0.39 is 5.97 Å². The second-order valence-corrected chi connectivity index (χ2v) is 2.97. The third kappa shape index (κ3) is 1.42. The average Bonchev–Trinajstić information content (AvgIpc) is 2.74. The Morgan fingerprint density at radius 1 is 1.69 bits per heavy atom. The smallest absolute Gasteiger partial charge is 0.340 e. The third-order valence-corrected chi connectivity index (χ3v) is 2.13. The summed E-state index contributed by atoms with van der Waals surface area (Å²) in [4.78, 5) is 10.7. The van der Waals surface area contributed by atoms with E-state index in [0.29, 0.717) is 19.0 Å². The maximum Gasteiger partial charge on any atom is 0.340 e. The summed E-state index contributed by atoms with van der Waals surface area (Å²) in [6.07, 6.45) is 2.03. The van der Waals surface area contributed by atoms with Gasteiger partial charge in [0.1, 0.15) is 5.56 Å². The molecular formula is C8H9NO4. The summed E-state index contributed by atoms with van der Waals surface area (Å²) < 4.78 is 10.0. The van der Waals surface area contributed by atoms with E-state index in [1.807, 2.05) is 0 Å². The Labute approximate surface area is 74.3 Å². The molecule has 1 N–H and O–H groups in total. The number of carboxylic acid groups (broad SMARTS) is 1. The Morgan fingerprint density at radius 2 is 2.54 bits per heavy atom. The molecule has 0 amide bonds. The summed E-state index contributed by atoms with van der Waals surface area (Å²) in [5, 5.41) is 12.3. The number of rotatable bonds is 2. The summed E-state index contributed by atoms with van der Waals surface area (Å²) in [5.74, 6) is -0.512. The number of aromatic carboxylic acids is 1. The van der Waals surface area contributed by atoms with Crippen LogP contribution >= 0.6 is 0 Å². The highest BCUT2D eigenvalue weighted by Crippen LogP contribution is 2.27. The minimum absolute atomic E-state index is 0.0496. The van der Waals surface area contributed by atoms with Gasteiger partial charge < -0.3 is 14.4 Å². The van der Waals surface area contributed by atoms with Crippen LogP contribution in [0.15, 0.2) is 10.7 Å². The molecule has 5 nitrogen and oxygen atoms in total. The SMILES string of the molecule is O=C(O)c1cnoc1C1CCOC1. The molecule has 2 heterocycles. The summed E-state index contributed by atoms with van der Waals surface area (Å²) in [6.45, 7) is 1.18. The first-order valence-corrected chi connectivity index (χ1v) is 4.04. The standard InChI is InChI=1S/C8H9NO4/c10-8(11)6-3-9-13-7(6)5-1-2-12-4-5/h3,5H,1-2,4H2,(H,10,11). The van der Waals surface area contributed by atoms with E-state index in [-0.39, 0.29) is 11.5 Å². The van der Waals surface area contributed by atoms with Crippen LogP contribution in [-0.2, 0) is 4.74 Å². The van der Waals surface area contributed by atoms with E-state index in [0.717, 1.165) is 6.42 Å². The van der Waals surface area contributed by atoms with E-state index in [4.69, 9.17) is 14.4 Å². The van der Waals surface area contributed by atoms with Crippen molar-refractivity contribution in [3.05, 3.63) is 17.5 Å². The van der Waals surface area contributed by atoms with Crippen LogP contribution < -0.4 is 0 Å². The molecule has 1 saturated heterocycles. The first kappa shape index (κ1) is 8.25. The lowest BCUT2D eigenvalue weighted by Crippen LogP contribution is -2.04. The predicted molar refractivity (Wildman–Crippen MR) is 41.6 cm³/mol. The maximum atomic E-state index is 10.7. The molecule has 0 bridgehead atoms. The van der Waals surface area contributed by atoms with Crippen molar-refractivity contribution in [2.45, 2.75) is 12.3 Å². The monoisotopic (exact) mass is 183 g/mol. The van der Waals surface area contributed by atoms with Crippen molar-refractivity contribution >= 4 is 5.97 Å². The van der Waals surface area contributed by atoms with Crippen LogP contribution in [0.2, 0.25) is 0 Å². The first-order chi connectivity index (χ1) is 6.29. The normalized spacial score (nSPS) is 22.0. The third-order valence-electron chi connectivity index (χ3n) is 2.13. The number of ether oxygens (including phenoxy) is 1. The lowest BCUT2D eigenvalue weighted by Gasteiger charge is -2.02. The zero-order valence-corrected chi connectivity index (χ0v) is 6.90. The van der Waals surface area contributed by atoms with Crippen molar-refractivity contribution in [1.82, 2.24) is 5.16 Å². The quantitative estimate of drug-likeness (QED) is 0.736. The van der Waals surface area contributed by atoms with Gasteiger partial charge >= 0.3 is 5.97 Å². The summed E-state index contributed by atoms with van der Waals surface area (Å²) in [6, 6.07) is 0. The molecule has 13 heavy (non-hydrogen) atoms. The molecule has 0 aliphatic carbocycles. The number of nitrogens with zero attached hydrogens (tertiary/aromatic N) is 1. The molecule has 1 aromatic rings. The van der Waals surface area contributed by atoms with E-state index in [9.17, 15) is 4.79 Å². The summed E-state index contributed by atoms with van der Waals surface area (Å²) in [7, 11) is 0. The zero-order valence-electron chi connectivity index (χ0n) is 6.90. The van der Waals surface area contributed by atoms with Crippen LogP contribution in [0.3, 0.4) is 0 Å². The van der Waals surface area contributed by atoms with E-state index in [1.165, 1.54) is 6.20 Å². The van der Waals surface area contributed by atoms with Crippen molar-refractivity contribution in [2.75, 3.05) is 13.2 Å². The molecule has 0 radical (unpaired) electrons. The van der Waals surface area contributed by atoms with Gasteiger partial charge in [-0.1, -0.05) is 5.16 Å². The van der Waals surface area contributed by atoms with E-state index >= 15 is 0 Å². The molecule has 0 spiro atoms. The van der Waals surface area contributed by atoms with Crippen LogP contribution in [0.4, 0.5) is 0 Å². The van der Waals surface area contributed by atoms with Gasteiger partial charge in [0.25, 0.3) is 0 Å². The Kier molecular flexibility index (Phi) is 2.02. The first-order valence-electron chi connectivity index (χ1n) is 4.04. The predicted octanol–water partition coefficient (Wildman–Crippen LogP) is 0.877. The van der Waals surface area contributed by atoms with Gasteiger partial charge in [0, 0.05) is 12.5 Å². The minimum atomic E-state index is -0.997. The van der Waals surface area contributed by atoms with Crippen LogP contribution in [0, 0.1) is 0 Å². The van der Waals surface area contributed by atoms with Crippen molar-refractivity contribution in [3.63, 3.8) is 0 Å². The van der Waals surface area contributed by atoms with Gasteiger partial charge in [0.2, 0.25) is 0 Å². The molecule has 0 aromatic carbocycles. The number of carbonyl (C=O) groups is 1. The topological polar surface area (TPSA) is 72.6 Å². The second kappa shape index (κ2) is 3.18.